The first-order chi connectivity index (χ1) is 6.67. The van der Waals surface area contributed by atoms with Crippen LogP contribution in [0.25, 0.3) is 0 Å². The molecule has 1 atom stereocenters. The summed E-state index contributed by atoms with van der Waals surface area (Å²) in [5.41, 5.74) is 2.22. The normalized spacial score (nSPS) is 12.6. The van der Waals surface area contributed by atoms with Gasteiger partial charge in [0, 0.05) is 6.20 Å². The summed E-state index contributed by atoms with van der Waals surface area (Å²) < 4.78 is 5.31. The Balaban J connectivity index is 2.85. The maximum atomic E-state index is 5.31. The molecule has 2 heteroatoms. The van der Waals surface area contributed by atoms with Crippen LogP contribution in [-0.2, 0) is 6.42 Å². The zero-order chi connectivity index (χ0) is 10.6. The second-order valence-corrected chi connectivity index (χ2v) is 3.88. The van der Waals surface area contributed by atoms with Gasteiger partial charge in [0.25, 0.3) is 0 Å². The fraction of sp³-hybridized carbons (Fsp3) is 0.583. The molecule has 1 aromatic rings. The molecule has 0 bridgehead atoms. The molecule has 0 radical (unpaired) electrons. The van der Waals surface area contributed by atoms with Crippen LogP contribution in [-0.4, -0.2) is 12.1 Å². The van der Waals surface area contributed by atoms with E-state index in [9.17, 15) is 0 Å². The molecule has 0 aliphatic rings. The van der Waals surface area contributed by atoms with Gasteiger partial charge in [-0.15, -0.1) is 0 Å². The van der Waals surface area contributed by atoms with Crippen molar-refractivity contribution in [3.63, 3.8) is 0 Å². The summed E-state index contributed by atoms with van der Waals surface area (Å²) in [6.45, 7) is 6.47. The van der Waals surface area contributed by atoms with Crippen molar-refractivity contribution in [3.8, 4) is 5.75 Å². The number of rotatable bonds is 4. The second kappa shape index (κ2) is 4.99. The minimum atomic E-state index is 0.666. The van der Waals surface area contributed by atoms with Crippen LogP contribution >= 0.6 is 0 Å². The van der Waals surface area contributed by atoms with Crippen LogP contribution in [0.5, 0.6) is 5.75 Å². The van der Waals surface area contributed by atoms with E-state index in [0.717, 1.165) is 23.4 Å². The van der Waals surface area contributed by atoms with Crippen LogP contribution < -0.4 is 4.74 Å². The van der Waals surface area contributed by atoms with Crippen molar-refractivity contribution in [2.45, 2.75) is 33.6 Å². The Bertz CT molecular complexity index is 296. The molecule has 78 valence electrons. The molecular weight excluding hydrogens is 174 g/mol. The van der Waals surface area contributed by atoms with E-state index in [1.807, 2.05) is 19.2 Å². The van der Waals surface area contributed by atoms with Crippen molar-refractivity contribution in [2.24, 2.45) is 5.92 Å². The number of nitrogens with zero attached hydrogens (tertiary/aromatic N) is 1. The van der Waals surface area contributed by atoms with Crippen LogP contribution in [0.4, 0.5) is 0 Å². The standard InChI is InChI=1S/C12H19NO/c1-5-9(2)6-11-12(14-4)7-10(3)8-13-11/h7-9H,5-6H2,1-4H3. The molecule has 1 aromatic heterocycles. The van der Waals surface area contributed by atoms with Crippen LogP contribution in [0.15, 0.2) is 12.3 Å². The number of aryl methyl sites for hydroxylation is 1. The molecule has 0 spiro atoms. The van der Waals surface area contributed by atoms with E-state index in [-0.39, 0.29) is 0 Å². The molecule has 1 unspecified atom stereocenters. The van der Waals surface area contributed by atoms with Gasteiger partial charge in [-0.25, -0.2) is 0 Å². The number of ether oxygens (including phenoxy) is 1. The van der Waals surface area contributed by atoms with Crippen molar-refractivity contribution in [3.05, 3.63) is 23.5 Å². The highest BCUT2D eigenvalue weighted by Gasteiger charge is 2.08. The second-order valence-electron chi connectivity index (χ2n) is 3.88. The van der Waals surface area contributed by atoms with Crippen molar-refractivity contribution in [2.75, 3.05) is 7.11 Å². The predicted molar refractivity (Wildman–Crippen MR) is 58.7 cm³/mol. The number of hydrogen-bond acceptors (Lipinski definition) is 2. The summed E-state index contributed by atoms with van der Waals surface area (Å²) in [5, 5.41) is 0. The summed E-state index contributed by atoms with van der Waals surface area (Å²) in [4.78, 5) is 4.41. The summed E-state index contributed by atoms with van der Waals surface area (Å²) in [5.74, 6) is 1.59. The molecule has 0 fully saturated rings. The summed E-state index contributed by atoms with van der Waals surface area (Å²) in [6, 6.07) is 2.05. The SMILES string of the molecule is CCC(C)Cc1ncc(C)cc1OC. The van der Waals surface area contributed by atoms with Crippen molar-refractivity contribution in [1.82, 2.24) is 4.98 Å². The molecular formula is C12H19NO. The third-order valence-corrected chi connectivity index (χ3v) is 2.53. The Hall–Kier alpha value is -1.05. The molecule has 0 saturated carbocycles. The maximum Gasteiger partial charge on any atom is 0.140 e. The average molecular weight is 193 g/mol. The molecule has 1 heterocycles. The maximum absolute atomic E-state index is 5.31. The number of hydrogen-bond donors (Lipinski definition) is 0. The molecule has 0 amide bonds. The molecule has 0 aliphatic heterocycles. The van der Waals surface area contributed by atoms with Gasteiger partial charge in [-0.1, -0.05) is 20.3 Å². The highest BCUT2D eigenvalue weighted by Crippen LogP contribution is 2.21. The number of methoxy groups -OCH3 is 1. The minimum absolute atomic E-state index is 0.666. The molecule has 2 nitrogen and oxygen atoms in total. The number of pyridine rings is 1. The summed E-state index contributed by atoms with van der Waals surface area (Å²) in [6.07, 6.45) is 4.08. The first-order valence-electron chi connectivity index (χ1n) is 5.16. The lowest BCUT2D eigenvalue weighted by atomic mass is 10.0. The van der Waals surface area contributed by atoms with Crippen LogP contribution in [0.3, 0.4) is 0 Å². The van der Waals surface area contributed by atoms with Crippen LogP contribution in [0.1, 0.15) is 31.5 Å². The van der Waals surface area contributed by atoms with Gasteiger partial charge in [0.2, 0.25) is 0 Å². The Morgan fingerprint density at radius 3 is 2.79 bits per heavy atom. The average Bonchev–Trinajstić information content (AvgIpc) is 2.20. The smallest absolute Gasteiger partial charge is 0.140 e. The lowest BCUT2D eigenvalue weighted by Crippen LogP contribution is -2.03. The molecule has 0 aromatic carbocycles. The molecule has 0 aliphatic carbocycles. The fourth-order valence-electron chi connectivity index (χ4n) is 1.38. The van der Waals surface area contributed by atoms with Gasteiger partial charge in [0.15, 0.2) is 0 Å². The Kier molecular flexibility index (Phi) is 3.93. The number of aromatic nitrogens is 1. The van der Waals surface area contributed by atoms with Gasteiger partial charge in [0.05, 0.1) is 12.8 Å². The van der Waals surface area contributed by atoms with E-state index in [4.69, 9.17) is 4.74 Å². The predicted octanol–water partition coefficient (Wildman–Crippen LogP) is 2.99. The molecule has 1 rings (SSSR count). The molecule has 0 saturated heterocycles. The quantitative estimate of drug-likeness (QED) is 0.733. The first-order valence-corrected chi connectivity index (χ1v) is 5.16. The van der Waals surface area contributed by atoms with Crippen molar-refractivity contribution < 1.29 is 4.74 Å². The van der Waals surface area contributed by atoms with E-state index < -0.39 is 0 Å². The lowest BCUT2D eigenvalue weighted by Gasteiger charge is -2.11. The highest BCUT2D eigenvalue weighted by molar-refractivity contribution is 5.31. The van der Waals surface area contributed by atoms with Gasteiger partial charge in [0.1, 0.15) is 5.75 Å². The van der Waals surface area contributed by atoms with E-state index in [1.54, 1.807) is 7.11 Å². The van der Waals surface area contributed by atoms with Gasteiger partial charge in [-0.05, 0) is 30.9 Å². The summed E-state index contributed by atoms with van der Waals surface area (Å²) in [7, 11) is 1.70. The van der Waals surface area contributed by atoms with Gasteiger partial charge in [-0.3, -0.25) is 4.98 Å². The minimum Gasteiger partial charge on any atom is -0.495 e. The van der Waals surface area contributed by atoms with E-state index in [0.29, 0.717) is 5.92 Å². The van der Waals surface area contributed by atoms with Gasteiger partial charge < -0.3 is 4.74 Å². The zero-order valence-corrected chi connectivity index (χ0v) is 9.50. The largest absolute Gasteiger partial charge is 0.495 e. The van der Waals surface area contributed by atoms with Gasteiger partial charge >= 0.3 is 0 Å². The summed E-state index contributed by atoms with van der Waals surface area (Å²) >= 11 is 0. The third-order valence-electron chi connectivity index (χ3n) is 2.53. The van der Waals surface area contributed by atoms with E-state index in [2.05, 4.69) is 18.8 Å². The van der Waals surface area contributed by atoms with E-state index in [1.165, 1.54) is 6.42 Å². The Labute approximate surface area is 86.3 Å². The Morgan fingerprint density at radius 2 is 2.21 bits per heavy atom. The van der Waals surface area contributed by atoms with Crippen molar-refractivity contribution >= 4 is 0 Å². The topological polar surface area (TPSA) is 22.1 Å². The van der Waals surface area contributed by atoms with Crippen LogP contribution in [0, 0.1) is 12.8 Å². The molecule has 0 N–H and O–H groups in total. The first kappa shape index (κ1) is 11.0. The fourth-order valence-corrected chi connectivity index (χ4v) is 1.38. The van der Waals surface area contributed by atoms with Crippen molar-refractivity contribution in [1.29, 1.82) is 0 Å². The van der Waals surface area contributed by atoms with Gasteiger partial charge in [-0.2, -0.15) is 0 Å². The Morgan fingerprint density at radius 1 is 1.50 bits per heavy atom. The van der Waals surface area contributed by atoms with Crippen LogP contribution in [0.2, 0.25) is 0 Å². The monoisotopic (exact) mass is 193 g/mol. The zero-order valence-electron chi connectivity index (χ0n) is 9.50. The lowest BCUT2D eigenvalue weighted by molar-refractivity contribution is 0.400. The molecule has 14 heavy (non-hydrogen) atoms. The third kappa shape index (κ3) is 2.72. The highest BCUT2D eigenvalue weighted by atomic mass is 16.5. The van der Waals surface area contributed by atoms with E-state index >= 15 is 0 Å².